The maximum atomic E-state index is 10.9. The second-order valence-electron chi connectivity index (χ2n) is 11.8. The Labute approximate surface area is 198 Å². The summed E-state index contributed by atoms with van der Waals surface area (Å²) in [7, 11) is 0. The molecule has 0 radical (unpaired) electrons. The zero-order valence-corrected chi connectivity index (χ0v) is 20.9. The molecule has 3 heteroatoms. The molecule has 3 nitrogen and oxygen atoms in total. The van der Waals surface area contributed by atoms with E-state index in [1.807, 2.05) is 0 Å². The third-order valence-electron chi connectivity index (χ3n) is 9.37. The third kappa shape index (κ3) is 8.13. The maximum absolute atomic E-state index is 10.9. The fourth-order valence-electron chi connectivity index (χ4n) is 7.32. The Hall–Kier alpha value is -0.380. The zero-order valence-electron chi connectivity index (χ0n) is 20.9. The smallest absolute Gasteiger partial charge is 0.105 e. The molecule has 3 aliphatic carbocycles. The van der Waals surface area contributed by atoms with E-state index in [9.17, 15) is 5.11 Å². The van der Waals surface area contributed by atoms with Gasteiger partial charge < -0.3 is 10.0 Å². The fourth-order valence-corrected chi connectivity index (χ4v) is 7.32. The number of allylic oxidation sites excluding steroid dienone is 2. The maximum Gasteiger partial charge on any atom is 0.105 e. The quantitative estimate of drug-likeness (QED) is 0.292. The van der Waals surface area contributed by atoms with Gasteiger partial charge in [0.05, 0.1) is 0 Å². The van der Waals surface area contributed by atoms with Gasteiger partial charge in [0, 0.05) is 6.04 Å². The molecular formula is C29H52N2O. The highest BCUT2D eigenvalue weighted by molar-refractivity contribution is 4.96. The van der Waals surface area contributed by atoms with Gasteiger partial charge in [-0.3, -0.25) is 5.32 Å². The molecule has 0 amide bonds. The first-order valence-corrected chi connectivity index (χ1v) is 14.6. The monoisotopic (exact) mass is 444 g/mol. The van der Waals surface area contributed by atoms with Crippen molar-refractivity contribution in [1.82, 2.24) is 10.2 Å². The summed E-state index contributed by atoms with van der Waals surface area (Å²) in [6.07, 6.45) is 29.0. The van der Waals surface area contributed by atoms with Crippen LogP contribution in [0.25, 0.3) is 0 Å². The van der Waals surface area contributed by atoms with Crippen LogP contribution in [0.15, 0.2) is 12.2 Å². The van der Waals surface area contributed by atoms with E-state index in [1.165, 1.54) is 129 Å². The number of likely N-dealkylation sites (tertiary alicyclic amines) is 1. The van der Waals surface area contributed by atoms with Gasteiger partial charge in [-0.2, -0.15) is 0 Å². The van der Waals surface area contributed by atoms with Crippen LogP contribution < -0.4 is 5.32 Å². The number of aliphatic hydroxyl groups is 1. The minimum atomic E-state index is -0.320. The molecule has 2 saturated carbocycles. The molecule has 3 atom stereocenters. The number of hydrogen-bond donors (Lipinski definition) is 2. The predicted molar refractivity (Wildman–Crippen MR) is 136 cm³/mol. The standard InChI is InChI=1S/C29H52N2O/c32-29(30-28-14-8-3-9-15-28)23-27(26-12-6-2-7-13-26)18-21-31-19-16-25(17-20-31)22-24-10-4-1-5-11-24/h6,12,24-30,32H,1-5,7-11,13-23H2. The van der Waals surface area contributed by atoms with Crippen molar-refractivity contribution >= 4 is 0 Å². The van der Waals surface area contributed by atoms with Gasteiger partial charge in [0.25, 0.3) is 0 Å². The Morgan fingerprint density at radius 2 is 1.50 bits per heavy atom. The molecule has 1 heterocycles. The summed E-state index contributed by atoms with van der Waals surface area (Å²) in [5, 5.41) is 14.5. The van der Waals surface area contributed by atoms with Gasteiger partial charge in [0.2, 0.25) is 0 Å². The van der Waals surface area contributed by atoms with Crippen LogP contribution in [0.1, 0.15) is 116 Å². The Kier molecular flexibility index (Phi) is 10.4. The molecule has 4 rings (SSSR count). The highest BCUT2D eigenvalue weighted by Gasteiger charge is 2.28. The van der Waals surface area contributed by atoms with Gasteiger partial charge in [-0.15, -0.1) is 0 Å². The van der Waals surface area contributed by atoms with E-state index in [1.54, 1.807) is 0 Å². The largest absolute Gasteiger partial charge is 0.379 e. The first kappa shape index (κ1) is 24.7. The number of nitrogens with zero attached hydrogens (tertiary/aromatic N) is 1. The molecule has 1 saturated heterocycles. The lowest BCUT2D eigenvalue weighted by Gasteiger charge is -2.36. The number of rotatable bonds is 10. The van der Waals surface area contributed by atoms with Crippen molar-refractivity contribution in [2.45, 2.75) is 128 Å². The molecule has 3 fully saturated rings. The Bertz CT molecular complexity index is 529. The number of aliphatic hydroxyl groups excluding tert-OH is 1. The SMILES string of the molecule is OC(CC(CCN1CCC(CC2CCCCC2)CC1)C1C=CCCC1)NC1CCCCC1. The van der Waals surface area contributed by atoms with Gasteiger partial charge >= 0.3 is 0 Å². The van der Waals surface area contributed by atoms with Crippen molar-refractivity contribution in [2.24, 2.45) is 23.7 Å². The topological polar surface area (TPSA) is 35.5 Å². The van der Waals surface area contributed by atoms with E-state index in [0.717, 1.165) is 18.3 Å². The fraction of sp³-hybridized carbons (Fsp3) is 0.931. The highest BCUT2D eigenvalue weighted by Crippen LogP contribution is 2.34. The van der Waals surface area contributed by atoms with Crippen molar-refractivity contribution in [3.05, 3.63) is 12.2 Å². The van der Waals surface area contributed by atoms with Crippen molar-refractivity contribution < 1.29 is 5.11 Å². The van der Waals surface area contributed by atoms with Crippen LogP contribution in [-0.2, 0) is 0 Å². The molecular weight excluding hydrogens is 392 g/mol. The minimum Gasteiger partial charge on any atom is -0.379 e. The zero-order chi connectivity index (χ0) is 22.0. The van der Waals surface area contributed by atoms with E-state index < -0.39 is 0 Å². The summed E-state index contributed by atoms with van der Waals surface area (Å²) in [6, 6.07) is 0.546. The van der Waals surface area contributed by atoms with Crippen LogP contribution in [0.2, 0.25) is 0 Å². The Morgan fingerprint density at radius 1 is 0.812 bits per heavy atom. The number of piperidine rings is 1. The average molecular weight is 445 g/mol. The van der Waals surface area contributed by atoms with Crippen LogP contribution in [0, 0.1) is 23.7 Å². The van der Waals surface area contributed by atoms with Crippen molar-refractivity contribution in [3.8, 4) is 0 Å². The molecule has 0 aromatic rings. The molecule has 3 unspecified atom stereocenters. The van der Waals surface area contributed by atoms with Crippen LogP contribution in [0.3, 0.4) is 0 Å². The predicted octanol–water partition coefficient (Wildman–Crippen LogP) is 6.66. The van der Waals surface area contributed by atoms with E-state index in [2.05, 4.69) is 22.4 Å². The van der Waals surface area contributed by atoms with Gasteiger partial charge in [-0.1, -0.05) is 63.5 Å². The minimum absolute atomic E-state index is 0.320. The van der Waals surface area contributed by atoms with Crippen LogP contribution in [0.5, 0.6) is 0 Å². The Balaban J connectivity index is 1.20. The van der Waals surface area contributed by atoms with Crippen LogP contribution in [0.4, 0.5) is 0 Å². The first-order valence-electron chi connectivity index (χ1n) is 14.6. The second-order valence-corrected chi connectivity index (χ2v) is 11.8. The van der Waals surface area contributed by atoms with Crippen molar-refractivity contribution in [3.63, 3.8) is 0 Å². The lowest BCUT2D eigenvalue weighted by molar-refractivity contribution is 0.0703. The van der Waals surface area contributed by atoms with E-state index in [4.69, 9.17) is 0 Å². The van der Waals surface area contributed by atoms with Crippen molar-refractivity contribution in [2.75, 3.05) is 19.6 Å². The molecule has 4 aliphatic rings. The number of nitrogens with one attached hydrogen (secondary N) is 1. The van der Waals surface area contributed by atoms with Crippen LogP contribution in [-0.4, -0.2) is 41.9 Å². The van der Waals surface area contributed by atoms with Crippen LogP contribution >= 0.6 is 0 Å². The summed E-state index contributed by atoms with van der Waals surface area (Å²) in [5.41, 5.74) is 0. The molecule has 32 heavy (non-hydrogen) atoms. The normalized spacial score (nSPS) is 29.2. The molecule has 0 bridgehead atoms. The van der Waals surface area contributed by atoms with Crippen molar-refractivity contribution in [1.29, 1.82) is 0 Å². The van der Waals surface area contributed by atoms with E-state index in [0.29, 0.717) is 17.9 Å². The molecule has 1 aliphatic heterocycles. The molecule has 184 valence electrons. The molecule has 0 aromatic heterocycles. The molecule has 0 aromatic carbocycles. The van der Waals surface area contributed by atoms with E-state index in [-0.39, 0.29) is 6.23 Å². The first-order chi connectivity index (χ1) is 15.8. The van der Waals surface area contributed by atoms with Gasteiger partial charge in [0.15, 0.2) is 0 Å². The second kappa shape index (κ2) is 13.5. The van der Waals surface area contributed by atoms with Gasteiger partial charge in [0.1, 0.15) is 6.23 Å². The lowest BCUT2D eigenvalue weighted by Crippen LogP contribution is -2.42. The summed E-state index contributed by atoms with van der Waals surface area (Å²) in [6.45, 7) is 3.86. The third-order valence-corrected chi connectivity index (χ3v) is 9.37. The molecule has 2 N–H and O–H groups in total. The highest BCUT2D eigenvalue weighted by atomic mass is 16.3. The van der Waals surface area contributed by atoms with E-state index >= 15 is 0 Å². The lowest BCUT2D eigenvalue weighted by atomic mass is 9.79. The van der Waals surface area contributed by atoms with Gasteiger partial charge in [-0.05, 0) is 108 Å². The summed E-state index contributed by atoms with van der Waals surface area (Å²) >= 11 is 0. The molecule has 0 spiro atoms. The summed E-state index contributed by atoms with van der Waals surface area (Å²) in [4.78, 5) is 2.75. The van der Waals surface area contributed by atoms with Gasteiger partial charge in [-0.25, -0.2) is 0 Å². The number of hydrogen-bond acceptors (Lipinski definition) is 3. The average Bonchev–Trinajstić information content (AvgIpc) is 2.84. The summed E-state index contributed by atoms with van der Waals surface area (Å²) in [5.74, 6) is 3.34. The Morgan fingerprint density at radius 3 is 2.19 bits per heavy atom. The summed E-state index contributed by atoms with van der Waals surface area (Å²) < 4.78 is 0.